The zero-order chi connectivity index (χ0) is 21.6. The molecule has 160 valence electrons. The molecule has 4 rings (SSSR count). The molecule has 8 nitrogen and oxygen atoms in total. The van der Waals surface area contributed by atoms with Gasteiger partial charge < -0.3 is 18.9 Å². The monoisotopic (exact) mass is 416 g/mol. The van der Waals surface area contributed by atoms with Crippen molar-refractivity contribution in [1.29, 1.82) is 0 Å². The minimum Gasteiger partial charge on any atom is -0.436 e. The third kappa shape index (κ3) is 3.60. The van der Waals surface area contributed by atoms with E-state index in [9.17, 15) is 19.2 Å². The number of hydrogen-bond donors (Lipinski definition) is 0. The number of ether oxygens (including phenoxy) is 4. The first-order valence-corrected chi connectivity index (χ1v) is 10.2. The SMILES string of the molecule is CCc1ccc2c(c1)C1C(=O)OC(=O)C1CC2C1CC(OC(C)=O)OC1OC(C)=O. The van der Waals surface area contributed by atoms with Crippen LogP contribution in [0, 0.1) is 11.8 Å². The summed E-state index contributed by atoms with van der Waals surface area (Å²) < 4.78 is 21.2. The quantitative estimate of drug-likeness (QED) is 0.418. The number of carbonyl (C=O) groups excluding carboxylic acids is 4. The minimum absolute atomic E-state index is 0.226. The Hall–Kier alpha value is -2.74. The van der Waals surface area contributed by atoms with E-state index >= 15 is 0 Å². The van der Waals surface area contributed by atoms with E-state index in [4.69, 9.17) is 18.9 Å². The van der Waals surface area contributed by atoms with Crippen LogP contribution in [0.2, 0.25) is 0 Å². The van der Waals surface area contributed by atoms with Crippen molar-refractivity contribution in [2.75, 3.05) is 0 Å². The van der Waals surface area contributed by atoms with Gasteiger partial charge in [-0.25, -0.2) is 0 Å². The maximum absolute atomic E-state index is 12.4. The van der Waals surface area contributed by atoms with Crippen LogP contribution in [0.5, 0.6) is 0 Å². The lowest BCUT2D eigenvalue weighted by Gasteiger charge is -2.35. The van der Waals surface area contributed by atoms with Gasteiger partial charge in [0.05, 0.1) is 11.8 Å². The molecule has 0 bridgehead atoms. The molecular weight excluding hydrogens is 392 g/mol. The van der Waals surface area contributed by atoms with Crippen LogP contribution in [0.15, 0.2) is 18.2 Å². The Morgan fingerprint density at radius 1 is 1.00 bits per heavy atom. The molecule has 0 spiro atoms. The van der Waals surface area contributed by atoms with Crippen LogP contribution < -0.4 is 0 Å². The number of hydrogen-bond acceptors (Lipinski definition) is 8. The second kappa shape index (κ2) is 7.83. The molecule has 3 aliphatic rings. The maximum Gasteiger partial charge on any atom is 0.321 e. The maximum atomic E-state index is 12.4. The van der Waals surface area contributed by atoms with Crippen molar-refractivity contribution < 1.29 is 38.1 Å². The molecule has 30 heavy (non-hydrogen) atoms. The van der Waals surface area contributed by atoms with Gasteiger partial charge in [0.15, 0.2) is 0 Å². The summed E-state index contributed by atoms with van der Waals surface area (Å²) in [5.41, 5.74) is 2.75. The predicted octanol–water partition coefficient (Wildman–Crippen LogP) is 2.33. The smallest absolute Gasteiger partial charge is 0.321 e. The third-order valence-corrected chi connectivity index (χ3v) is 6.16. The van der Waals surface area contributed by atoms with Crippen molar-refractivity contribution in [2.24, 2.45) is 11.8 Å². The molecule has 2 heterocycles. The summed E-state index contributed by atoms with van der Waals surface area (Å²) in [5.74, 6) is -3.83. The molecule has 0 N–H and O–H groups in total. The molecule has 2 fully saturated rings. The van der Waals surface area contributed by atoms with Gasteiger partial charge in [0.2, 0.25) is 12.6 Å². The van der Waals surface area contributed by atoms with E-state index in [1.165, 1.54) is 13.8 Å². The minimum atomic E-state index is -0.916. The van der Waals surface area contributed by atoms with Crippen molar-refractivity contribution >= 4 is 23.9 Å². The fourth-order valence-electron chi connectivity index (χ4n) is 4.90. The number of benzene rings is 1. The Morgan fingerprint density at radius 2 is 1.73 bits per heavy atom. The lowest BCUT2D eigenvalue weighted by Crippen LogP contribution is -2.34. The van der Waals surface area contributed by atoms with Gasteiger partial charge in [-0.1, -0.05) is 25.1 Å². The van der Waals surface area contributed by atoms with E-state index < -0.39 is 48.3 Å². The number of fused-ring (bicyclic) bond motifs is 3. The number of carbonyl (C=O) groups is 4. The van der Waals surface area contributed by atoms with Crippen LogP contribution in [0.4, 0.5) is 0 Å². The van der Waals surface area contributed by atoms with Crippen LogP contribution in [0.1, 0.15) is 62.1 Å². The highest BCUT2D eigenvalue weighted by atomic mass is 16.8. The fourth-order valence-corrected chi connectivity index (χ4v) is 4.90. The molecular formula is C22H24O8. The van der Waals surface area contributed by atoms with E-state index in [1.807, 2.05) is 25.1 Å². The Morgan fingerprint density at radius 3 is 2.40 bits per heavy atom. The van der Waals surface area contributed by atoms with Gasteiger partial charge in [0.25, 0.3) is 0 Å². The van der Waals surface area contributed by atoms with Crippen LogP contribution in [-0.4, -0.2) is 36.5 Å². The van der Waals surface area contributed by atoms with E-state index in [0.717, 1.165) is 23.1 Å². The standard InChI is InChI=1S/C22H24O8/c1-4-12-5-6-13-14(8-17-19(15(13)7-12)21(26)30-20(17)25)16-9-18(27-10(2)23)29-22(16)28-11(3)24/h5-7,14,16-19,22H,4,8-9H2,1-3H3. The first-order chi connectivity index (χ1) is 14.3. The molecule has 0 radical (unpaired) electrons. The van der Waals surface area contributed by atoms with Gasteiger partial charge in [0.1, 0.15) is 0 Å². The zero-order valence-electron chi connectivity index (χ0n) is 17.1. The molecule has 2 saturated heterocycles. The summed E-state index contributed by atoms with van der Waals surface area (Å²) in [4.78, 5) is 47.8. The lowest BCUT2D eigenvalue weighted by atomic mass is 9.66. The van der Waals surface area contributed by atoms with Gasteiger partial charge in [-0.2, -0.15) is 0 Å². The summed E-state index contributed by atoms with van der Waals surface area (Å²) in [6.07, 6.45) is -0.287. The largest absolute Gasteiger partial charge is 0.436 e. The van der Waals surface area contributed by atoms with Crippen molar-refractivity contribution in [3.05, 3.63) is 34.9 Å². The first-order valence-electron chi connectivity index (χ1n) is 10.2. The summed E-state index contributed by atoms with van der Waals surface area (Å²) in [6.45, 7) is 4.58. The number of aryl methyl sites for hydroxylation is 1. The molecule has 0 saturated carbocycles. The second-order valence-electron chi connectivity index (χ2n) is 8.04. The highest BCUT2D eigenvalue weighted by Crippen LogP contribution is 2.52. The van der Waals surface area contributed by atoms with Gasteiger partial charge in [-0.05, 0) is 35.4 Å². The highest BCUT2D eigenvalue weighted by molar-refractivity contribution is 6.00. The average molecular weight is 416 g/mol. The molecule has 0 aromatic heterocycles. The normalized spacial score (nSPS) is 32.2. The van der Waals surface area contributed by atoms with E-state index in [-0.39, 0.29) is 11.8 Å². The van der Waals surface area contributed by atoms with Crippen molar-refractivity contribution in [2.45, 2.75) is 64.4 Å². The van der Waals surface area contributed by atoms with Crippen molar-refractivity contribution in [3.8, 4) is 0 Å². The number of cyclic esters (lactones) is 2. The predicted molar refractivity (Wildman–Crippen MR) is 101 cm³/mol. The van der Waals surface area contributed by atoms with Gasteiger partial charge in [-0.3, -0.25) is 19.2 Å². The summed E-state index contributed by atoms with van der Waals surface area (Å²) in [5, 5.41) is 0. The lowest BCUT2D eigenvalue weighted by molar-refractivity contribution is -0.212. The Bertz CT molecular complexity index is 906. The Balaban J connectivity index is 1.73. The average Bonchev–Trinajstić information content (AvgIpc) is 3.19. The molecule has 1 aliphatic carbocycles. The summed E-state index contributed by atoms with van der Waals surface area (Å²) in [7, 11) is 0. The second-order valence-corrected chi connectivity index (χ2v) is 8.04. The van der Waals surface area contributed by atoms with Crippen LogP contribution in [-0.2, 0) is 44.5 Å². The molecule has 6 unspecified atom stereocenters. The van der Waals surface area contributed by atoms with Gasteiger partial charge in [0, 0.05) is 26.2 Å². The number of rotatable bonds is 4. The van der Waals surface area contributed by atoms with E-state index in [2.05, 4.69) is 0 Å². The highest BCUT2D eigenvalue weighted by Gasteiger charge is 2.54. The van der Waals surface area contributed by atoms with Crippen LogP contribution in [0.3, 0.4) is 0 Å². The molecule has 6 atom stereocenters. The molecule has 1 aromatic carbocycles. The van der Waals surface area contributed by atoms with Crippen molar-refractivity contribution in [3.63, 3.8) is 0 Å². The third-order valence-electron chi connectivity index (χ3n) is 6.16. The summed E-state index contributed by atoms with van der Waals surface area (Å²) >= 11 is 0. The van der Waals surface area contributed by atoms with Gasteiger partial charge >= 0.3 is 23.9 Å². The molecule has 0 amide bonds. The topological polar surface area (TPSA) is 105 Å². The van der Waals surface area contributed by atoms with Crippen molar-refractivity contribution in [1.82, 2.24) is 0 Å². The van der Waals surface area contributed by atoms with Crippen LogP contribution >= 0.6 is 0 Å². The van der Waals surface area contributed by atoms with E-state index in [0.29, 0.717) is 12.8 Å². The van der Waals surface area contributed by atoms with Crippen LogP contribution in [0.25, 0.3) is 0 Å². The van der Waals surface area contributed by atoms with E-state index in [1.54, 1.807) is 0 Å². The summed E-state index contributed by atoms with van der Waals surface area (Å²) in [6, 6.07) is 5.92. The van der Waals surface area contributed by atoms with Gasteiger partial charge in [-0.15, -0.1) is 0 Å². The molecule has 8 heteroatoms. The zero-order valence-corrected chi connectivity index (χ0v) is 17.1. The Labute approximate surface area is 173 Å². The Kier molecular flexibility index (Phi) is 5.36. The first kappa shape index (κ1) is 20.5. The fraction of sp³-hybridized carbons (Fsp3) is 0.545. The molecule has 1 aromatic rings. The number of esters is 4. The molecule has 2 aliphatic heterocycles.